The number of nitrogens with zero attached hydrogens (tertiary/aromatic N) is 6. The Balaban J connectivity index is 1.40. The highest BCUT2D eigenvalue weighted by atomic mass is 32.1. The van der Waals surface area contributed by atoms with Crippen molar-refractivity contribution in [1.82, 2.24) is 24.8 Å². The molecule has 0 aliphatic carbocycles. The van der Waals surface area contributed by atoms with Crippen LogP contribution in [0.3, 0.4) is 0 Å². The second-order valence-corrected chi connectivity index (χ2v) is 8.40. The number of nitrogens with two attached hydrogens (primary N) is 1. The first-order valence-corrected chi connectivity index (χ1v) is 10.5. The SMILES string of the molecule is CC(c1nc(N)nc(N(C)C)n1)N1CCN(Cc2csc3ccccc23)CC1. The maximum atomic E-state index is 5.89. The van der Waals surface area contributed by atoms with Crippen LogP contribution in [0.25, 0.3) is 10.1 Å². The fourth-order valence-electron chi connectivity index (χ4n) is 3.65. The lowest BCUT2D eigenvalue weighted by atomic mass is 10.1. The van der Waals surface area contributed by atoms with E-state index < -0.39 is 0 Å². The van der Waals surface area contributed by atoms with Gasteiger partial charge in [-0.3, -0.25) is 9.80 Å². The van der Waals surface area contributed by atoms with E-state index in [1.54, 1.807) is 0 Å². The van der Waals surface area contributed by atoms with E-state index >= 15 is 0 Å². The summed E-state index contributed by atoms with van der Waals surface area (Å²) in [6, 6.07) is 8.78. The number of aromatic nitrogens is 3. The monoisotopic (exact) mass is 397 g/mol. The zero-order chi connectivity index (χ0) is 19.7. The van der Waals surface area contributed by atoms with Gasteiger partial charge in [-0.05, 0) is 29.3 Å². The van der Waals surface area contributed by atoms with Crippen LogP contribution in [0.1, 0.15) is 24.4 Å². The van der Waals surface area contributed by atoms with E-state index in [0.29, 0.717) is 5.95 Å². The molecule has 1 aliphatic heterocycles. The van der Waals surface area contributed by atoms with Gasteiger partial charge in [0, 0.05) is 51.5 Å². The minimum Gasteiger partial charge on any atom is -0.368 e. The number of piperazine rings is 1. The first kappa shape index (κ1) is 19.0. The predicted molar refractivity (Wildman–Crippen MR) is 116 cm³/mol. The van der Waals surface area contributed by atoms with Crippen LogP contribution in [0.4, 0.5) is 11.9 Å². The summed E-state index contributed by atoms with van der Waals surface area (Å²) >= 11 is 1.83. The van der Waals surface area contributed by atoms with Gasteiger partial charge < -0.3 is 10.6 Å². The molecule has 3 aromatic rings. The fraction of sp³-hybridized carbons (Fsp3) is 0.450. The van der Waals surface area contributed by atoms with Gasteiger partial charge in [-0.15, -0.1) is 11.3 Å². The van der Waals surface area contributed by atoms with E-state index in [1.165, 1.54) is 15.6 Å². The molecule has 2 N–H and O–H groups in total. The number of benzene rings is 1. The summed E-state index contributed by atoms with van der Waals surface area (Å²) in [4.78, 5) is 20.0. The molecule has 1 saturated heterocycles. The molecule has 28 heavy (non-hydrogen) atoms. The average molecular weight is 398 g/mol. The largest absolute Gasteiger partial charge is 0.368 e. The van der Waals surface area contributed by atoms with Crippen molar-refractivity contribution >= 4 is 33.3 Å². The quantitative estimate of drug-likeness (QED) is 0.709. The van der Waals surface area contributed by atoms with E-state index in [0.717, 1.165) is 38.5 Å². The second kappa shape index (κ2) is 7.98. The summed E-state index contributed by atoms with van der Waals surface area (Å²) in [7, 11) is 3.83. The van der Waals surface area contributed by atoms with E-state index in [1.807, 2.05) is 30.3 Å². The number of hydrogen-bond donors (Lipinski definition) is 1. The topological polar surface area (TPSA) is 74.4 Å². The summed E-state index contributed by atoms with van der Waals surface area (Å²) in [5.41, 5.74) is 7.33. The fourth-order valence-corrected chi connectivity index (χ4v) is 4.61. The van der Waals surface area contributed by atoms with E-state index in [9.17, 15) is 0 Å². The molecule has 0 spiro atoms. The maximum absolute atomic E-state index is 5.89. The van der Waals surface area contributed by atoms with Crippen molar-refractivity contribution < 1.29 is 0 Å². The zero-order valence-corrected chi connectivity index (χ0v) is 17.5. The number of nitrogen functional groups attached to an aromatic ring is 1. The third-order valence-corrected chi connectivity index (χ3v) is 6.35. The molecule has 1 aromatic carbocycles. The summed E-state index contributed by atoms with van der Waals surface area (Å²) in [6.45, 7) is 7.22. The number of fused-ring (bicyclic) bond motifs is 1. The van der Waals surface area contributed by atoms with Crippen LogP contribution >= 0.6 is 11.3 Å². The van der Waals surface area contributed by atoms with Crippen molar-refractivity contribution in [2.24, 2.45) is 0 Å². The van der Waals surface area contributed by atoms with Gasteiger partial charge in [0.15, 0.2) is 5.82 Å². The highest BCUT2D eigenvalue weighted by molar-refractivity contribution is 7.17. The molecule has 0 saturated carbocycles. The maximum Gasteiger partial charge on any atom is 0.229 e. The lowest BCUT2D eigenvalue weighted by Crippen LogP contribution is -2.47. The number of thiophene rings is 1. The molecule has 8 heteroatoms. The lowest BCUT2D eigenvalue weighted by molar-refractivity contribution is 0.0951. The molecule has 0 amide bonds. The van der Waals surface area contributed by atoms with Crippen molar-refractivity contribution in [2.75, 3.05) is 50.9 Å². The van der Waals surface area contributed by atoms with Crippen molar-refractivity contribution in [3.05, 3.63) is 41.0 Å². The van der Waals surface area contributed by atoms with Crippen LogP contribution in [0.15, 0.2) is 29.6 Å². The molecule has 3 heterocycles. The predicted octanol–water partition coefficient (Wildman–Crippen LogP) is 2.61. The standard InChI is InChI=1S/C20H27N7S/c1-14(18-22-19(21)24-20(23-18)25(2)3)27-10-8-26(9-11-27)12-15-13-28-17-7-5-4-6-16(15)17/h4-7,13-14H,8-12H2,1-3H3,(H2,21,22,23,24). The third-order valence-electron chi connectivity index (χ3n) is 5.34. The first-order chi connectivity index (χ1) is 13.5. The zero-order valence-electron chi connectivity index (χ0n) is 16.7. The van der Waals surface area contributed by atoms with Crippen LogP contribution in [0.5, 0.6) is 0 Å². The highest BCUT2D eigenvalue weighted by Gasteiger charge is 2.25. The molecule has 148 valence electrons. The molecular formula is C20H27N7S. The summed E-state index contributed by atoms with van der Waals surface area (Å²) in [5, 5.41) is 3.69. The molecule has 1 atom stereocenters. The van der Waals surface area contributed by atoms with Crippen molar-refractivity contribution in [3.63, 3.8) is 0 Å². The molecular weight excluding hydrogens is 370 g/mol. The van der Waals surface area contributed by atoms with Gasteiger partial charge in [0.1, 0.15) is 0 Å². The minimum absolute atomic E-state index is 0.119. The number of hydrogen-bond acceptors (Lipinski definition) is 8. The summed E-state index contributed by atoms with van der Waals surface area (Å²) in [6.07, 6.45) is 0. The molecule has 1 aliphatic rings. The van der Waals surface area contributed by atoms with Crippen LogP contribution in [0, 0.1) is 0 Å². The molecule has 0 bridgehead atoms. The summed E-state index contributed by atoms with van der Waals surface area (Å²) < 4.78 is 1.37. The number of rotatable bonds is 5. The Bertz CT molecular complexity index is 947. The Morgan fingerprint density at radius 3 is 2.61 bits per heavy atom. The van der Waals surface area contributed by atoms with Crippen molar-refractivity contribution in [1.29, 1.82) is 0 Å². The molecule has 1 unspecified atom stereocenters. The molecule has 2 aromatic heterocycles. The van der Waals surface area contributed by atoms with Crippen LogP contribution in [-0.4, -0.2) is 65.0 Å². The highest BCUT2D eigenvalue weighted by Crippen LogP contribution is 2.27. The van der Waals surface area contributed by atoms with Crippen molar-refractivity contribution in [2.45, 2.75) is 19.5 Å². The average Bonchev–Trinajstić information content (AvgIpc) is 3.10. The van der Waals surface area contributed by atoms with Crippen molar-refractivity contribution in [3.8, 4) is 0 Å². The molecule has 7 nitrogen and oxygen atoms in total. The van der Waals surface area contributed by atoms with Gasteiger partial charge in [-0.25, -0.2) is 0 Å². The van der Waals surface area contributed by atoms with Gasteiger partial charge in [0.25, 0.3) is 0 Å². The third kappa shape index (κ3) is 3.94. The minimum atomic E-state index is 0.119. The lowest BCUT2D eigenvalue weighted by Gasteiger charge is -2.37. The molecule has 4 rings (SSSR count). The van der Waals surface area contributed by atoms with Crippen LogP contribution < -0.4 is 10.6 Å². The first-order valence-electron chi connectivity index (χ1n) is 9.61. The molecule has 0 radical (unpaired) electrons. The van der Waals surface area contributed by atoms with Crippen LogP contribution in [0.2, 0.25) is 0 Å². The normalized spacial score (nSPS) is 17.1. The Kier molecular flexibility index (Phi) is 5.43. The Morgan fingerprint density at radius 1 is 1.11 bits per heavy atom. The van der Waals surface area contributed by atoms with Gasteiger partial charge >= 0.3 is 0 Å². The summed E-state index contributed by atoms with van der Waals surface area (Å²) in [5.74, 6) is 1.63. The van der Waals surface area contributed by atoms with Crippen LogP contribution in [-0.2, 0) is 6.54 Å². The Morgan fingerprint density at radius 2 is 1.86 bits per heavy atom. The van der Waals surface area contributed by atoms with E-state index in [-0.39, 0.29) is 12.0 Å². The second-order valence-electron chi connectivity index (χ2n) is 7.49. The van der Waals surface area contributed by atoms with Gasteiger partial charge in [-0.1, -0.05) is 18.2 Å². The van der Waals surface area contributed by atoms with E-state index in [2.05, 4.69) is 61.3 Å². The molecule has 1 fully saturated rings. The van der Waals surface area contributed by atoms with Gasteiger partial charge in [-0.2, -0.15) is 15.0 Å². The number of anilines is 2. The Hall–Kier alpha value is -2.29. The van der Waals surface area contributed by atoms with E-state index in [4.69, 9.17) is 5.73 Å². The van der Waals surface area contributed by atoms with Gasteiger partial charge in [0.05, 0.1) is 6.04 Å². The Labute approximate surface area is 169 Å². The smallest absolute Gasteiger partial charge is 0.229 e. The van der Waals surface area contributed by atoms with Gasteiger partial charge in [0.2, 0.25) is 11.9 Å².